The molecule has 0 unspecified atom stereocenters. The Morgan fingerprint density at radius 1 is 0.929 bits per heavy atom. The van der Waals surface area contributed by atoms with Gasteiger partial charge in [-0.3, -0.25) is 0 Å². The van der Waals surface area contributed by atoms with Crippen molar-refractivity contribution in [1.29, 1.82) is 0 Å². The van der Waals surface area contributed by atoms with Crippen molar-refractivity contribution < 1.29 is 4.74 Å². The molecule has 5 heteroatoms. The Hall–Kier alpha value is -3.08. The van der Waals surface area contributed by atoms with Gasteiger partial charge in [0.05, 0.1) is 12.8 Å². The third kappa shape index (κ3) is 4.25. The first-order chi connectivity index (χ1) is 13.8. The Bertz CT molecular complexity index is 907. The molecule has 0 bridgehead atoms. The molecule has 4 rings (SSSR count). The molecular formula is C23H26N4O. The van der Waals surface area contributed by atoms with Gasteiger partial charge in [-0.2, -0.15) is 4.98 Å². The van der Waals surface area contributed by atoms with E-state index in [2.05, 4.69) is 28.4 Å². The van der Waals surface area contributed by atoms with Crippen LogP contribution in [0.2, 0.25) is 0 Å². The average molecular weight is 374 g/mol. The highest BCUT2D eigenvalue weighted by Crippen LogP contribution is 2.25. The highest BCUT2D eigenvalue weighted by molar-refractivity contribution is 5.64. The predicted octanol–water partition coefficient (Wildman–Crippen LogP) is 4.75. The molecule has 1 fully saturated rings. The summed E-state index contributed by atoms with van der Waals surface area (Å²) in [7, 11) is 1.70. The summed E-state index contributed by atoms with van der Waals surface area (Å²) in [5, 5.41) is 3.47. The molecule has 0 saturated carbocycles. The van der Waals surface area contributed by atoms with E-state index in [1.807, 2.05) is 42.5 Å². The van der Waals surface area contributed by atoms with Gasteiger partial charge in [0, 0.05) is 36.8 Å². The summed E-state index contributed by atoms with van der Waals surface area (Å²) < 4.78 is 5.46. The van der Waals surface area contributed by atoms with Crippen molar-refractivity contribution >= 4 is 11.8 Å². The monoisotopic (exact) mass is 374 g/mol. The van der Waals surface area contributed by atoms with Crippen molar-refractivity contribution in [3.8, 4) is 17.0 Å². The summed E-state index contributed by atoms with van der Waals surface area (Å²) in [4.78, 5) is 12.0. The van der Waals surface area contributed by atoms with E-state index in [0.717, 1.165) is 47.4 Å². The summed E-state index contributed by atoms with van der Waals surface area (Å²) in [6.07, 6.45) is 3.68. The molecule has 0 atom stereocenters. The van der Waals surface area contributed by atoms with Crippen molar-refractivity contribution in [3.05, 3.63) is 66.2 Å². The van der Waals surface area contributed by atoms with Crippen LogP contribution in [0.5, 0.6) is 5.75 Å². The molecule has 0 aliphatic carbocycles. The van der Waals surface area contributed by atoms with Gasteiger partial charge in [0.2, 0.25) is 5.95 Å². The number of aromatic nitrogens is 2. The van der Waals surface area contributed by atoms with E-state index < -0.39 is 0 Å². The van der Waals surface area contributed by atoms with Gasteiger partial charge in [0.25, 0.3) is 0 Å². The second-order valence-corrected chi connectivity index (χ2v) is 7.02. The first kappa shape index (κ1) is 18.3. The van der Waals surface area contributed by atoms with Gasteiger partial charge < -0.3 is 15.0 Å². The topological polar surface area (TPSA) is 50.3 Å². The van der Waals surface area contributed by atoms with Gasteiger partial charge in [0.1, 0.15) is 11.6 Å². The number of ether oxygens (including phenoxy) is 1. The lowest BCUT2D eigenvalue weighted by molar-refractivity contribution is 0.410. The molecule has 5 nitrogen and oxygen atoms in total. The number of benzene rings is 2. The maximum absolute atomic E-state index is 5.46. The number of rotatable bonds is 6. The molecule has 1 aliphatic heterocycles. The molecule has 0 radical (unpaired) electrons. The molecule has 144 valence electrons. The van der Waals surface area contributed by atoms with Crippen molar-refractivity contribution in [2.24, 2.45) is 0 Å². The molecule has 1 aliphatic rings. The number of anilines is 2. The van der Waals surface area contributed by atoms with Crippen LogP contribution in [0.25, 0.3) is 11.3 Å². The fourth-order valence-corrected chi connectivity index (χ4v) is 3.55. The zero-order chi connectivity index (χ0) is 19.2. The van der Waals surface area contributed by atoms with Gasteiger partial charge in [0.15, 0.2) is 0 Å². The number of methoxy groups -OCH3 is 1. The minimum Gasteiger partial charge on any atom is -0.496 e. The maximum Gasteiger partial charge on any atom is 0.227 e. The molecule has 1 aromatic heterocycles. The Labute approximate surface area is 166 Å². The quantitative estimate of drug-likeness (QED) is 0.674. The van der Waals surface area contributed by atoms with E-state index in [4.69, 9.17) is 14.7 Å². The minimum atomic E-state index is 0.648. The summed E-state index contributed by atoms with van der Waals surface area (Å²) >= 11 is 0. The fourth-order valence-electron chi connectivity index (χ4n) is 3.55. The Morgan fingerprint density at radius 2 is 1.68 bits per heavy atom. The predicted molar refractivity (Wildman–Crippen MR) is 114 cm³/mol. The smallest absolute Gasteiger partial charge is 0.227 e. The van der Waals surface area contributed by atoms with Gasteiger partial charge in [-0.1, -0.05) is 48.5 Å². The van der Waals surface area contributed by atoms with Gasteiger partial charge >= 0.3 is 0 Å². The average Bonchev–Trinajstić information content (AvgIpc) is 2.79. The van der Waals surface area contributed by atoms with E-state index in [1.165, 1.54) is 19.3 Å². The van der Waals surface area contributed by atoms with E-state index in [0.29, 0.717) is 6.54 Å². The van der Waals surface area contributed by atoms with Crippen molar-refractivity contribution in [2.75, 3.05) is 30.4 Å². The summed E-state index contributed by atoms with van der Waals surface area (Å²) in [5.41, 5.74) is 3.14. The van der Waals surface area contributed by atoms with Crippen molar-refractivity contribution in [3.63, 3.8) is 0 Å². The Balaban J connectivity index is 1.63. The number of nitrogens with zero attached hydrogens (tertiary/aromatic N) is 3. The molecule has 2 heterocycles. The van der Waals surface area contributed by atoms with Crippen LogP contribution in [0, 0.1) is 0 Å². The number of nitrogens with one attached hydrogen (secondary N) is 1. The number of para-hydroxylation sites is 1. The molecule has 0 amide bonds. The van der Waals surface area contributed by atoms with Crippen LogP contribution in [0.15, 0.2) is 60.7 Å². The van der Waals surface area contributed by atoms with Crippen LogP contribution >= 0.6 is 0 Å². The van der Waals surface area contributed by atoms with E-state index >= 15 is 0 Å². The highest BCUT2D eigenvalue weighted by Gasteiger charge is 2.16. The summed E-state index contributed by atoms with van der Waals surface area (Å²) in [6.45, 7) is 2.68. The summed E-state index contributed by atoms with van der Waals surface area (Å²) in [6, 6.07) is 20.4. The molecule has 28 heavy (non-hydrogen) atoms. The lowest BCUT2D eigenvalue weighted by Crippen LogP contribution is -2.31. The van der Waals surface area contributed by atoms with Crippen LogP contribution in [0.1, 0.15) is 24.8 Å². The lowest BCUT2D eigenvalue weighted by Gasteiger charge is -2.27. The normalized spacial score (nSPS) is 14.0. The van der Waals surface area contributed by atoms with Crippen LogP contribution in [-0.2, 0) is 6.54 Å². The first-order valence-electron chi connectivity index (χ1n) is 9.89. The van der Waals surface area contributed by atoms with E-state index in [9.17, 15) is 0 Å². The second kappa shape index (κ2) is 8.74. The van der Waals surface area contributed by atoms with Crippen LogP contribution in [0.3, 0.4) is 0 Å². The largest absolute Gasteiger partial charge is 0.496 e. The van der Waals surface area contributed by atoms with Crippen molar-refractivity contribution in [1.82, 2.24) is 9.97 Å². The molecule has 3 aromatic rings. The van der Waals surface area contributed by atoms with Crippen LogP contribution in [-0.4, -0.2) is 30.2 Å². The van der Waals surface area contributed by atoms with Gasteiger partial charge in [-0.05, 0) is 25.3 Å². The number of hydrogen-bond acceptors (Lipinski definition) is 5. The van der Waals surface area contributed by atoms with Crippen LogP contribution < -0.4 is 15.0 Å². The molecule has 2 aromatic carbocycles. The minimum absolute atomic E-state index is 0.648. The first-order valence-corrected chi connectivity index (χ1v) is 9.89. The summed E-state index contributed by atoms with van der Waals surface area (Å²) in [5.74, 6) is 2.52. The highest BCUT2D eigenvalue weighted by atomic mass is 16.5. The molecule has 0 spiro atoms. The van der Waals surface area contributed by atoms with E-state index in [1.54, 1.807) is 7.11 Å². The van der Waals surface area contributed by atoms with E-state index in [-0.39, 0.29) is 0 Å². The molecule has 1 N–H and O–H groups in total. The maximum atomic E-state index is 5.46. The zero-order valence-electron chi connectivity index (χ0n) is 16.3. The fraction of sp³-hybridized carbons (Fsp3) is 0.304. The van der Waals surface area contributed by atoms with Gasteiger partial charge in [-0.25, -0.2) is 4.98 Å². The third-order valence-corrected chi connectivity index (χ3v) is 5.08. The van der Waals surface area contributed by atoms with Gasteiger partial charge in [-0.15, -0.1) is 0 Å². The molecule has 1 saturated heterocycles. The number of hydrogen-bond donors (Lipinski definition) is 1. The standard InChI is InChI=1S/C23H26N4O/c1-28-21-13-7-6-12-19(21)17-24-22-16-20(18-10-4-2-5-11-18)25-23(26-22)27-14-8-3-9-15-27/h2,4-7,10-13,16H,3,8-9,14-15,17H2,1H3,(H,24,25,26). The zero-order valence-corrected chi connectivity index (χ0v) is 16.3. The van der Waals surface area contributed by atoms with Crippen molar-refractivity contribution in [2.45, 2.75) is 25.8 Å². The third-order valence-electron chi connectivity index (χ3n) is 5.08. The Kier molecular flexibility index (Phi) is 5.71. The SMILES string of the molecule is COc1ccccc1CNc1cc(-c2ccccc2)nc(N2CCCCC2)n1. The Morgan fingerprint density at radius 3 is 2.46 bits per heavy atom. The van der Waals surface area contributed by atoms with Crippen LogP contribution in [0.4, 0.5) is 11.8 Å². The number of piperidine rings is 1. The lowest BCUT2D eigenvalue weighted by atomic mass is 10.1. The second-order valence-electron chi connectivity index (χ2n) is 7.02. The molecular weight excluding hydrogens is 348 g/mol.